The van der Waals surface area contributed by atoms with Crippen molar-refractivity contribution in [3.8, 4) is 6.07 Å². The topological polar surface area (TPSA) is 48.7 Å². The van der Waals surface area contributed by atoms with Crippen LogP contribution in [0.1, 0.15) is 36.1 Å². The van der Waals surface area contributed by atoms with Crippen LogP contribution in [0.3, 0.4) is 0 Å². The Hall–Kier alpha value is -2.34. The number of benzene rings is 1. The van der Waals surface area contributed by atoms with E-state index in [1.165, 1.54) is 16.8 Å². The summed E-state index contributed by atoms with van der Waals surface area (Å²) in [5, 5.41) is 12.4. The van der Waals surface area contributed by atoms with Crippen molar-refractivity contribution in [2.75, 3.05) is 11.9 Å². The van der Waals surface area contributed by atoms with Gasteiger partial charge >= 0.3 is 0 Å². The fourth-order valence-electron chi connectivity index (χ4n) is 2.85. The van der Waals surface area contributed by atoms with Crippen LogP contribution in [0, 0.1) is 11.3 Å². The third kappa shape index (κ3) is 2.75. The van der Waals surface area contributed by atoms with E-state index in [-0.39, 0.29) is 5.41 Å². The maximum atomic E-state index is 8.91. The van der Waals surface area contributed by atoms with Crippen molar-refractivity contribution in [3.05, 3.63) is 58.9 Å². The Labute approximate surface area is 125 Å². The smallest absolute Gasteiger partial charge is 0.101 e. The molecule has 2 aromatic rings. The van der Waals surface area contributed by atoms with Crippen LogP contribution in [0.15, 0.2) is 36.7 Å². The van der Waals surface area contributed by atoms with Gasteiger partial charge in [0, 0.05) is 30.0 Å². The van der Waals surface area contributed by atoms with Crippen LogP contribution < -0.4 is 5.32 Å². The third-order valence-electron chi connectivity index (χ3n) is 4.16. The Balaban J connectivity index is 1.76. The van der Waals surface area contributed by atoms with E-state index in [1.807, 2.05) is 12.3 Å². The Bertz CT molecular complexity index is 711. The molecule has 1 aliphatic rings. The molecule has 1 aromatic carbocycles. The largest absolute Gasteiger partial charge is 0.384 e. The highest BCUT2D eigenvalue weighted by Crippen LogP contribution is 2.36. The molecule has 0 unspecified atom stereocenters. The summed E-state index contributed by atoms with van der Waals surface area (Å²) in [5.74, 6) is 0. The molecule has 0 bridgehead atoms. The van der Waals surface area contributed by atoms with Crippen molar-refractivity contribution in [1.82, 2.24) is 4.98 Å². The highest BCUT2D eigenvalue weighted by Gasteiger charge is 2.29. The Morgan fingerprint density at radius 2 is 2.00 bits per heavy atom. The Morgan fingerprint density at radius 3 is 2.81 bits per heavy atom. The summed E-state index contributed by atoms with van der Waals surface area (Å²) in [6, 6.07) is 10.8. The van der Waals surface area contributed by atoms with Gasteiger partial charge in [0.1, 0.15) is 6.07 Å². The number of hydrogen-bond donors (Lipinski definition) is 1. The summed E-state index contributed by atoms with van der Waals surface area (Å²) >= 11 is 0. The van der Waals surface area contributed by atoms with Crippen LogP contribution in [-0.4, -0.2) is 11.5 Å². The van der Waals surface area contributed by atoms with Gasteiger partial charge < -0.3 is 5.32 Å². The number of anilines is 1. The van der Waals surface area contributed by atoms with Gasteiger partial charge in [-0.2, -0.15) is 5.26 Å². The lowest BCUT2D eigenvalue weighted by atomic mass is 9.85. The lowest BCUT2D eigenvalue weighted by molar-refractivity contribution is 0.585. The summed E-state index contributed by atoms with van der Waals surface area (Å²) in [4.78, 5) is 4.12. The fraction of sp³-hybridized carbons (Fsp3) is 0.333. The summed E-state index contributed by atoms with van der Waals surface area (Å²) in [6.07, 6.45) is 5.34. The number of nitrogens with zero attached hydrogens (tertiary/aromatic N) is 2. The number of pyridine rings is 1. The molecule has 0 radical (unpaired) electrons. The monoisotopic (exact) mass is 277 g/mol. The molecule has 0 aliphatic carbocycles. The standard InChI is InChI=1S/C18H19N3/c1-18(2)12-21-17-6-5-13(8-16(17)18)3-4-14-7-15(9-19)11-20-10-14/h5-8,10-11,21H,3-4,12H2,1-2H3. The minimum atomic E-state index is 0.202. The second-order valence-electron chi connectivity index (χ2n) is 6.31. The first kappa shape index (κ1) is 13.6. The normalized spacial score (nSPS) is 15.1. The molecule has 0 atom stereocenters. The lowest BCUT2D eigenvalue weighted by Crippen LogP contribution is -2.19. The summed E-state index contributed by atoms with van der Waals surface area (Å²) in [7, 11) is 0. The van der Waals surface area contributed by atoms with Crippen molar-refractivity contribution in [3.63, 3.8) is 0 Å². The SMILES string of the molecule is CC1(C)CNc2ccc(CCc3cncc(C#N)c3)cc21. The number of hydrogen-bond acceptors (Lipinski definition) is 3. The van der Waals surface area contributed by atoms with E-state index in [0.717, 1.165) is 24.9 Å². The van der Waals surface area contributed by atoms with Gasteiger partial charge in [-0.15, -0.1) is 0 Å². The lowest BCUT2D eigenvalue weighted by Gasteiger charge is -2.17. The fourth-order valence-corrected chi connectivity index (χ4v) is 2.85. The molecule has 0 saturated carbocycles. The number of aromatic nitrogens is 1. The van der Waals surface area contributed by atoms with Crippen molar-refractivity contribution in [2.24, 2.45) is 0 Å². The highest BCUT2D eigenvalue weighted by atomic mass is 14.9. The van der Waals surface area contributed by atoms with Crippen LogP contribution >= 0.6 is 0 Å². The van der Waals surface area contributed by atoms with Crippen molar-refractivity contribution < 1.29 is 0 Å². The van der Waals surface area contributed by atoms with Gasteiger partial charge in [-0.1, -0.05) is 26.0 Å². The summed E-state index contributed by atoms with van der Waals surface area (Å²) < 4.78 is 0. The average Bonchev–Trinajstić information content (AvgIpc) is 2.81. The quantitative estimate of drug-likeness (QED) is 0.935. The molecule has 2 heterocycles. The van der Waals surface area contributed by atoms with Gasteiger partial charge in [0.05, 0.1) is 5.56 Å². The van der Waals surface area contributed by atoms with Gasteiger partial charge in [0.25, 0.3) is 0 Å². The average molecular weight is 277 g/mol. The van der Waals surface area contributed by atoms with E-state index in [1.54, 1.807) is 6.20 Å². The second kappa shape index (κ2) is 5.21. The molecule has 21 heavy (non-hydrogen) atoms. The molecule has 106 valence electrons. The summed E-state index contributed by atoms with van der Waals surface area (Å²) in [6.45, 7) is 5.55. The number of nitriles is 1. The zero-order chi connectivity index (χ0) is 14.9. The van der Waals surface area contributed by atoms with E-state index >= 15 is 0 Å². The maximum Gasteiger partial charge on any atom is 0.101 e. The third-order valence-corrected chi connectivity index (χ3v) is 4.16. The van der Waals surface area contributed by atoms with E-state index in [9.17, 15) is 0 Å². The van der Waals surface area contributed by atoms with Gasteiger partial charge in [-0.05, 0) is 41.7 Å². The van der Waals surface area contributed by atoms with Crippen LogP contribution in [0.4, 0.5) is 5.69 Å². The Kier molecular flexibility index (Phi) is 3.39. The van der Waals surface area contributed by atoms with Gasteiger partial charge in [0.15, 0.2) is 0 Å². The zero-order valence-corrected chi connectivity index (χ0v) is 12.5. The van der Waals surface area contributed by atoms with Crippen LogP contribution in [0.5, 0.6) is 0 Å². The second-order valence-corrected chi connectivity index (χ2v) is 6.31. The first-order chi connectivity index (χ1) is 10.1. The van der Waals surface area contributed by atoms with Crippen LogP contribution in [-0.2, 0) is 18.3 Å². The van der Waals surface area contributed by atoms with Crippen LogP contribution in [0.2, 0.25) is 0 Å². The number of aryl methyl sites for hydroxylation is 2. The number of nitrogens with one attached hydrogen (secondary N) is 1. The molecule has 3 nitrogen and oxygen atoms in total. The predicted octanol–water partition coefficient (Wildman–Crippen LogP) is 3.44. The Morgan fingerprint density at radius 1 is 1.19 bits per heavy atom. The molecular weight excluding hydrogens is 258 g/mol. The van der Waals surface area contributed by atoms with Gasteiger partial charge in [-0.25, -0.2) is 0 Å². The molecule has 3 rings (SSSR count). The number of rotatable bonds is 3. The molecule has 1 aromatic heterocycles. The van der Waals surface area contributed by atoms with E-state index in [4.69, 9.17) is 5.26 Å². The van der Waals surface area contributed by atoms with E-state index in [0.29, 0.717) is 5.56 Å². The van der Waals surface area contributed by atoms with Crippen molar-refractivity contribution in [1.29, 1.82) is 5.26 Å². The first-order valence-electron chi connectivity index (χ1n) is 7.30. The highest BCUT2D eigenvalue weighted by molar-refractivity contribution is 5.60. The molecule has 0 fully saturated rings. The minimum absolute atomic E-state index is 0.202. The zero-order valence-electron chi connectivity index (χ0n) is 12.5. The minimum Gasteiger partial charge on any atom is -0.384 e. The molecule has 3 heteroatoms. The van der Waals surface area contributed by atoms with E-state index < -0.39 is 0 Å². The van der Waals surface area contributed by atoms with E-state index in [2.05, 4.69) is 48.4 Å². The summed E-state index contributed by atoms with van der Waals surface area (Å²) in [5.41, 5.74) is 5.96. The van der Waals surface area contributed by atoms with Crippen LogP contribution in [0.25, 0.3) is 0 Å². The molecule has 1 aliphatic heterocycles. The number of fused-ring (bicyclic) bond motifs is 1. The molecule has 0 spiro atoms. The van der Waals surface area contributed by atoms with Gasteiger partial charge in [-0.3, -0.25) is 4.98 Å². The molecule has 0 amide bonds. The molecular formula is C18H19N3. The first-order valence-corrected chi connectivity index (χ1v) is 7.30. The van der Waals surface area contributed by atoms with Crippen molar-refractivity contribution >= 4 is 5.69 Å². The predicted molar refractivity (Wildman–Crippen MR) is 84.3 cm³/mol. The maximum absolute atomic E-state index is 8.91. The molecule has 0 saturated heterocycles. The van der Waals surface area contributed by atoms with Gasteiger partial charge in [0.2, 0.25) is 0 Å². The van der Waals surface area contributed by atoms with Crippen molar-refractivity contribution in [2.45, 2.75) is 32.1 Å². The molecule has 1 N–H and O–H groups in total.